The molecule has 0 saturated carbocycles. The Hall–Kier alpha value is -3.97. The minimum Gasteiger partial charge on any atom is -0.465 e. The summed E-state index contributed by atoms with van der Waals surface area (Å²) < 4.78 is 5.18. The summed E-state index contributed by atoms with van der Waals surface area (Å²) in [6.45, 7) is 4.02. The van der Waals surface area contributed by atoms with Gasteiger partial charge in [-0.05, 0) is 48.6 Å². The highest BCUT2D eigenvalue weighted by atomic mass is 32.1. The van der Waals surface area contributed by atoms with Gasteiger partial charge in [-0.3, -0.25) is 19.8 Å². The first-order chi connectivity index (χ1) is 18.1. The summed E-state index contributed by atoms with van der Waals surface area (Å²) in [7, 11) is 1.34. The van der Waals surface area contributed by atoms with E-state index in [1.165, 1.54) is 30.6 Å². The minimum absolute atomic E-state index is 0.0844. The van der Waals surface area contributed by atoms with Gasteiger partial charge in [0, 0.05) is 34.7 Å². The van der Waals surface area contributed by atoms with Crippen molar-refractivity contribution in [3.63, 3.8) is 0 Å². The lowest BCUT2D eigenvalue weighted by atomic mass is 9.68. The molecule has 1 unspecified atom stereocenters. The predicted octanol–water partition coefficient (Wildman–Crippen LogP) is 5.26. The second kappa shape index (κ2) is 9.40. The van der Waals surface area contributed by atoms with Crippen LogP contribution in [0.3, 0.4) is 0 Å². The van der Waals surface area contributed by atoms with Crippen LogP contribution in [0, 0.1) is 26.9 Å². The number of thiophene rings is 1. The van der Waals surface area contributed by atoms with Crippen LogP contribution in [0.5, 0.6) is 0 Å². The third-order valence-corrected chi connectivity index (χ3v) is 8.84. The SMILES string of the molecule is COC(=O)c1c(N2C(N)=C(C#N)C(c3ccc([N+](=O)[O-])cc3)C3=C2CC(C)(C)CC3=O)sc2c1CCCC2. The summed E-state index contributed by atoms with van der Waals surface area (Å²) in [6.07, 6.45) is 4.36. The van der Waals surface area contributed by atoms with Crippen molar-refractivity contribution in [2.24, 2.45) is 11.1 Å². The number of carbonyl (C=O) groups is 2. The Bertz CT molecular complexity index is 1480. The van der Waals surface area contributed by atoms with Crippen LogP contribution in [0.2, 0.25) is 0 Å². The molecule has 3 aliphatic rings. The van der Waals surface area contributed by atoms with E-state index in [1.54, 1.807) is 17.0 Å². The Labute approximate surface area is 224 Å². The summed E-state index contributed by atoms with van der Waals surface area (Å²) in [6, 6.07) is 8.10. The molecular formula is C28H28N4O5S. The molecule has 0 radical (unpaired) electrons. The maximum Gasteiger partial charge on any atom is 0.341 e. The average molecular weight is 533 g/mol. The maximum atomic E-state index is 13.8. The molecule has 10 heteroatoms. The van der Waals surface area contributed by atoms with Crippen molar-refractivity contribution in [1.29, 1.82) is 5.26 Å². The number of nitrogens with two attached hydrogens (primary N) is 1. The number of aryl methyl sites for hydroxylation is 1. The molecule has 0 saturated heterocycles. The van der Waals surface area contributed by atoms with E-state index in [0.29, 0.717) is 33.8 Å². The van der Waals surface area contributed by atoms with Gasteiger partial charge in [-0.15, -0.1) is 11.3 Å². The van der Waals surface area contributed by atoms with E-state index in [-0.39, 0.29) is 34.7 Å². The molecule has 5 rings (SSSR count). The Balaban J connectivity index is 1.78. The van der Waals surface area contributed by atoms with Crippen LogP contribution >= 0.6 is 11.3 Å². The molecular weight excluding hydrogens is 504 g/mol. The van der Waals surface area contributed by atoms with Crippen LogP contribution in [0.15, 0.2) is 46.9 Å². The summed E-state index contributed by atoms with van der Waals surface area (Å²) in [4.78, 5) is 40.4. The lowest BCUT2D eigenvalue weighted by Crippen LogP contribution is -2.42. The topological polar surface area (TPSA) is 140 Å². The molecule has 196 valence electrons. The number of non-ortho nitro benzene ring substituents is 1. The number of ether oxygens (including phenoxy) is 1. The number of nitro groups is 1. The van der Waals surface area contributed by atoms with Gasteiger partial charge in [-0.25, -0.2) is 4.79 Å². The van der Waals surface area contributed by atoms with E-state index in [9.17, 15) is 25.0 Å². The molecule has 0 bridgehead atoms. The van der Waals surface area contributed by atoms with Crippen LogP contribution in [0.1, 0.15) is 71.8 Å². The van der Waals surface area contributed by atoms with E-state index in [4.69, 9.17) is 10.5 Å². The van der Waals surface area contributed by atoms with Crippen molar-refractivity contribution >= 4 is 33.8 Å². The number of carbonyl (C=O) groups excluding carboxylic acids is 2. The highest BCUT2D eigenvalue weighted by Crippen LogP contribution is 2.53. The largest absolute Gasteiger partial charge is 0.465 e. The van der Waals surface area contributed by atoms with Crippen molar-refractivity contribution < 1.29 is 19.2 Å². The summed E-state index contributed by atoms with van der Waals surface area (Å²) in [5.41, 5.74) is 9.57. The summed E-state index contributed by atoms with van der Waals surface area (Å²) in [5, 5.41) is 22.1. The number of fused-ring (bicyclic) bond motifs is 1. The van der Waals surface area contributed by atoms with Crippen molar-refractivity contribution in [2.75, 3.05) is 12.0 Å². The molecule has 0 spiro atoms. The third-order valence-electron chi connectivity index (χ3n) is 7.56. The Morgan fingerprint density at radius 3 is 2.55 bits per heavy atom. The molecule has 9 nitrogen and oxygen atoms in total. The molecule has 1 atom stereocenters. The zero-order valence-electron chi connectivity index (χ0n) is 21.5. The van der Waals surface area contributed by atoms with E-state index < -0.39 is 16.8 Å². The van der Waals surface area contributed by atoms with Gasteiger partial charge < -0.3 is 10.5 Å². The second-order valence-electron chi connectivity index (χ2n) is 10.7. The van der Waals surface area contributed by atoms with E-state index >= 15 is 0 Å². The third kappa shape index (κ3) is 4.07. The number of rotatable bonds is 4. The molecule has 1 aromatic carbocycles. The van der Waals surface area contributed by atoms with Gasteiger partial charge in [0.25, 0.3) is 5.69 Å². The predicted molar refractivity (Wildman–Crippen MR) is 142 cm³/mol. The van der Waals surface area contributed by atoms with Crippen LogP contribution in [0.4, 0.5) is 10.7 Å². The molecule has 1 aliphatic heterocycles. The van der Waals surface area contributed by atoms with Gasteiger partial charge >= 0.3 is 5.97 Å². The molecule has 1 aromatic heterocycles. The number of hydrogen-bond donors (Lipinski definition) is 1. The number of anilines is 1. The molecule has 2 aliphatic carbocycles. The van der Waals surface area contributed by atoms with Crippen molar-refractivity contribution in [3.8, 4) is 6.07 Å². The lowest BCUT2D eigenvalue weighted by molar-refractivity contribution is -0.384. The van der Waals surface area contributed by atoms with E-state index in [1.807, 2.05) is 13.8 Å². The first-order valence-corrected chi connectivity index (χ1v) is 13.3. The molecule has 2 heterocycles. The molecule has 2 aromatic rings. The molecule has 38 heavy (non-hydrogen) atoms. The van der Waals surface area contributed by atoms with E-state index in [0.717, 1.165) is 36.1 Å². The molecule has 0 amide bonds. The number of Topliss-reactive ketones (excluding diaryl/α,β-unsaturated/α-hetero) is 1. The van der Waals surface area contributed by atoms with Gasteiger partial charge in [0.05, 0.1) is 35.2 Å². The average Bonchev–Trinajstić information content (AvgIpc) is 3.25. The van der Waals surface area contributed by atoms with Crippen LogP contribution in [-0.2, 0) is 22.4 Å². The fourth-order valence-corrected chi connectivity index (χ4v) is 7.30. The lowest BCUT2D eigenvalue weighted by Gasteiger charge is -2.43. The number of ketones is 1. The number of esters is 1. The Kier molecular flexibility index (Phi) is 6.35. The number of hydrogen-bond acceptors (Lipinski definition) is 9. The minimum atomic E-state index is -0.758. The van der Waals surface area contributed by atoms with Gasteiger partial charge in [-0.1, -0.05) is 26.0 Å². The zero-order valence-corrected chi connectivity index (χ0v) is 22.3. The van der Waals surface area contributed by atoms with Crippen LogP contribution in [-0.4, -0.2) is 23.8 Å². The number of allylic oxidation sites excluding steroid dienone is 3. The molecule has 2 N–H and O–H groups in total. The van der Waals surface area contributed by atoms with Crippen molar-refractivity contribution in [1.82, 2.24) is 0 Å². The quantitative estimate of drug-likeness (QED) is 0.319. The van der Waals surface area contributed by atoms with Crippen LogP contribution in [0.25, 0.3) is 0 Å². The maximum absolute atomic E-state index is 13.8. The number of methoxy groups -OCH3 is 1. The second-order valence-corrected chi connectivity index (χ2v) is 11.8. The monoisotopic (exact) mass is 532 g/mol. The molecule has 0 fully saturated rings. The van der Waals surface area contributed by atoms with Gasteiger partial charge in [0.15, 0.2) is 5.78 Å². The van der Waals surface area contributed by atoms with Crippen molar-refractivity contribution in [3.05, 3.63) is 78.6 Å². The van der Waals surface area contributed by atoms with Crippen LogP contribution < -0.4 is 10.6 Å². The smallest absolute Gasteiger partial charge is 0.341 e. The van der Waals surface area contributed by atoms with Gasteiger partial charge in [0.1, 0.15) is 10.8 Å². The van der Waals surface area contributed by atoms with E-state index in [2.05, 4.69) is 6.07 Å². The first-order valence-electron chi connectivity index (χ1n) is 12.5. The number of nitriles is 1. The number of benzene rings is 1. The Morgan fingerprint density at radius 1 is 1.24 bits per heavy atom. The fraction of sp³-hybridized carbons (Fsp3) is 0.393. The standard InChI is InChI=1S/C28H28N4O5S/c1-28(2)12-19-24(20(33)13-28)22(15-8-10-16(11-9-15)32(35)36)18(14-29)25(30)31(19)26-23(27(34)37-3)17-6-4-5-7-21(17)38-26/h8-11,22H,4-7,12-13,30H2,1-3H3. The first kappa shape index (κ1) is 25.7. The fourth-order valence-electron chi connectivity index (χ4n) is 5.88. The summed E-state index contributed by atoms with van der Waals surface area (Å²) in [5.74, 6) is -1.17. The highest BCUT2D eigenvalue weighted by molar-refractivity contribution is 7.16. The number of nitro benzene ring substituents is 1. The Morgan fingerprint density at radius 2 is 1.92 bits per heavy atom. The van der Waals surface area contributed by atoms with Crippen molar-refractivity contribution in [2.45, 2.75) is 58.3 Å². The zero-order chi connectivity index (χ0) is 27.4. The highest BCUT2D eigenvalue weighted by Gasteiger charge is 2.46. The number of nitrogens with zero attached hydrogens (tertiary/aromatic N) is 3. The normalized spacial score (nSPS) is 20.5. The van der Waals surface area contributed by atoms with Gasteiger partial charge in [-0.2, -0.15) is 5.26 Å². The summed E-state index contributed by atoms with van der Waals surface area (Å²) >= 11 is 1.47. The van der Waals surface area contributed by atoms with Gasteiger partial charge in [0.2, 0.25) is 0 Å².